The summed E-state index contributed by atoms with van der Waals surface area (Å²) >= 11 is 5.32. The predicted molar refractivity (Wildman–Crippen MR) is 103 cm³/mol. The summed E-state index contributed by atoms with van der Waals surface area (Å²) in [6.07, 6.45) is 3.45. The molecule has 0 saturated heterocycles. The molecule has 5 heteroatoms. The molecule has 3 N–H and O–H groups in total. The number of carbonyl (C=O) groups is 1. The van der Waals surface area contributed by atoms with E-state index in [0.717, 1.165) is 17.7 Å². The first-order valence-corrected chi connectivity index (χ1v) is 8.41. The number of aryl methyl sites for hydroxylation is 2. The lowest BCUT2D eigenvalue weighted by atomic mass is 10.1. The van der Waals surface area contributed by atoms with Gasteiger partial charge in [0.1, 0.15) is 0 Å². The number of anilines is 2. The monoisotopic (exact) mass is 342 g/mol. The molecule has 126 valence electrons. The Balaban J connectivity index is 2.00. The molecule has 0 unspecified atom stereocenters. The Kier molecular flexibility index (Phi) is 6.32. The molecule has 0 fully saturated rings. The van der Waals surface area contributed by atoms with Gasteiger partial charge in [-0.3, -0.25) is 0 Å². The smallest absolute Gasteiger partial charge is 0.335 e. The molecule has 0 aliphatic rings. The molecule has 0 saturated carbocycles. The molecule has 0 aliphatic carbocycles. The minimum atomic E-state index is -0.959. The van der Waals surface area contributed by atoms with Gasteiger partial charge in [-0.2, -0.15) is 0 Å². The topological polar surface area (TPSA) is 61.4 Å². The maximum Gasteiger partial charge on any atom is 0.335 e. The molecule has 0 bridgehead atoms. The fourth-order valence-corrected chi connectivity index (χ4v) is 2.54. The quantitative estimate of drug-likeness (QED) is 0.655. The third kappa shape index (κ3) is 5.06. The normalized spacial score (nSPS) is 10.2. The van der Waals surface area contributed by atoms with E-state index in [2.05, 4.69) is 29.7 Å². The van der Waals surface area contributed by atoms with E-state index in [9.17, 15) is 4.79 Å². The van der Waals surface area contributed by atoms with Crippen LogP contribution in [0.3, 0.4) is 0 Å². The van der Waals surface area contributed by atoms with Gasteiger partial charge in [0.15, 0.2) is 5.11 Å². The lowest BCUT2D eigenvalue weighted by Gasteiger charge is -2.13. The zero-order chi connectivity index (χ0) is 17.5. The zero-order valence-electron chi connectivity index (χ0n) is 13.9. The van der Waals surface area contributed by atoms with Crippen LogP contribution in [0.25, 0.3) is 0 Å². The maximum atomic E-state index is 11.1. The summed E-state index contributed by atoms with van der Waals surface area (Å²) in [6.45, 7) is 4.08. The van der Waals surface area contributed by atoms with E-state index < -0.39 is 5.97 Å². The molecule has 0 aromatic heterocycles. The molecular formula is C19H22N2O2S. The number of rotatable bonds is 6. The number of carboxylic acid groups (broad SMARTS) is 1. The Hall–Kier alpha value is -2.40. The highest BCUT2D eigenvalue weighted by molar-refractivity contribution is 7.80. The SMILES string of the molecule is CCCCc1ccc(NC(=S)Nc2cc(C(=O)O)ccc2C)cc1. The van der Waals surface area contributed by atoms with Crippen LogP contribution in [-0.2, 0) is 6.42 Å². The molecule has 0 amide bonds. The molecule has 0 radical (unpaired) electrons. The fraction of sp³-hybridized carbons (Fsp3) is 0.263. The summed E-state index contributed by atoms with van der Waals surface area (Å²) in [5.41, 5.74) is 4.06. The number of hydrogen-bond donors (Lipinski definition) is 3. The summed E-state index contributed by atoms with van der Waals surface area (Å²) in [5.74, 6) is -0.959. The zero-order valence-corrected chi connectivity index (χ0v) is 14.7. The van der Waals surface area contributed by atoms with Gasteiger partial charge in [-0.1, -0.05) is 31.5 Å². The second-order valence-corrected chi connectivity index (χ2v) is 6.12. The standard InChI is InChI=1S/C19H22N2O2S/c1-3-4-5-14-7-10-16(11-8-14)20-19(24)21-17-12-15(18(22)23)9-6-13(17)2/h6-12H,3-5H2,1-2H3,(H,22,23)(H2,20,21,24). The van der Waals surface area contributed by atoms with Gasteiger partial charge in [-0.05, 0) is 67.4 Å². The van der Waals surface area contributed by atoms with Crippen LogP contribution in [-0.4, -0.2) is 16.2 Å². The third-order valence-corrected chi connectivity index (χ3v) is 3.97. The van der Waals surface area contributed by atoms with Crippen LogP contribution in [0.5, 0.6) is 0 Å². The van der Waals surface area contributed by atoms with Crippen molar-refractivity contribution in [3.05, 3.63) is 59.2 Å². The van der Waals surface area contributed by atoms with Crippen LogP contribution in [0.2, 0.25) is 0 Å². The van der Waals surface area contributed by atoms with Crippen molar-refractivity contribution in [1.29, 1.82) is 0 Å². The molecule has 2 aromatic carbocycles. The first-order chi connectivity index (χ1) is 11.5. The van der Waals surface area contributed by atoms with E-state index in [4.69, 9.17) is 17.3 Å². The van der Waals surface area contributed by atoms with Gasteiger partial charge in [0, 0.05) is 11.4 Å². The number of carboxylic acids is 1. The minimum absolute atomic E-state index is 0.228. The molecule has 24 heavy (non-hydrogen) atoms. The highest BCUT2D eigenvalue weighted by atomic mass is 32.1. The van der Waals surface area contributed by atoms with Gasteiger partial charge in [0.05, 0.1) is 5.56 Å². The van der Waals surface area contributed by atoms with E-state index in [0.29, 0.717) is 10.8 Å². The maximum absolute atomic E-state index is 11.1. The Bertz CT molecular complexity index is 727. The lowest BCUT2D eigenvalue weighted by molar-refractivity contribution is 0.0697. The minimum Gasteiger partial charge on any atom is -0.478 e. The van der Waals surface area contributed by atoms with Crippen molar-refractivity contribution in [2.24, 2.45) is 0 Å². The number of unbranched alkanes of at least 4 members (excludes halogenated alkanes) is 1. The molecule has 0 atom stereocenters. The highest BCUT2D eigenvalue weighted by Crippen LogP contribution is 2.18. The average molecular weight is 342 g/mol. The van der Waals surface area contributed by atoms with Gasteiger partial charge < -0.3 is 15.7 Å². The third-order valence-electron chi connectivity index (χ3n) is 3.76. The van der Waals surface area contributed by atoms with E-state index in [1.165, 1.54) is 18.4 Å². The van der Waals surface area contributed by atoms with Gasteiger partial charge in [0.25, 0.3) is 0 Å². The number of benzene rings is 2. The van der Waals surface area contributed by atoms with Gasteiger partial charge >= 0.3 is 5.97 Å². The number of thiocarbonyl (C=S) groups is 1. The molecule has 2 rings (SSSR count). The van der Waals surface area contributed by atoms with Crippen molar-refractivity contribution in [3.63, 3.8) is 0 Å². The van der Waals surface area contributed by atoms with Crippen LogP contribution in [0.15, 0.2) is 42.5 Å². The molecule has 4 nitrogen and oxygen atoms in total. The molecular weight excluding hydrogens is 320 g/mol. The molecule has 0 aliphatic heterocycles. The summed E-state index contributed by atoms with van der Waals surface area (Å²) in [5, 5.41) is 15.7. The second-order valence-electron chi connectivity index (χ2n) is 5.71. The van der Waals surface area contributed by atoms with Crippen LogP contribution < -0.4 is 10.6 Å². The predicted octanol–water partition coefficient (Wildman–Crippen LogP) is 4.84. The van der Waals surface area contributed by atoms with Gasteiger partial charge in [-0.15, -0.1) is 0 Å². The number of nitrogens with one attached hydrogen (secondary N) is 2. The van der Waals surface area contributed by atoms with Crippen molar-refractivity contribution in [3.8, 4) is 0 Å². The Labute approximate surface area is 147 Å². The molecule has 2 aromatic rings. The first kappa shape index (κ1) is 17.9. The van der Waals surface area contributed by atoms with Crippen molar-refractivity contribution in [2.75, 3.05) is 10.6 Å². The summed E-state index contributed by atoms with van der Waals surface area (Å²) in [6, 6.07) is 13.1. The van der Waals surface area contributed by atoms with Crippen LogP contribution in [0.4, 0.5) is 11.4 Å². The largest absolute Gasteiger partial charge is 0.478 e. The van der Waals surface area contributed by atoms with E-state index >= 15 is 0 Å². The Morgan fingerprint density at radius 1 is 1.12 bits per heavy atom. The second kappa shape index (κ2) is 8.45. The summed E-state index contributed by atoms with van der Waals surface area (Å²) < 4.78 is 0. The molecule has 0 spiro atoms. The van der Waals surface area contributed by atoms with E-state index in [-0.39, 0.29) is 5.56 Å². The fourth-order valence-electron chi connectivity index (χ4n) is 2.31. The van der Waals surface area contributed by atoms with Gasteiger partial charge in [-0.25, -0.2) is 4.79 Å². The highest BCUT2D eigenvalue weighted by Gasteiger charge is 2.07. The number of hydrogen-bond acceptors (Lipinski definition) is 2. The summed E-state index contributed by atoms with van der Waals surface area (Å²) in [4.78, 5) is 11.1. The Morgan fingerprint density at radius 3 is 2.46 bits per heavy atom. The Morgan fingerprint density at radius 2 is 1.83 bits per heavy atom. The average Bonchev–Trinajstić information content (AvgIpc) is 2.56. The van der Waals surface area contributed by atoms with Crippen molar-refractivity contribution < 1.29 is 9.90 Å². The van der Waals surface area contributed by atoms with Crippen molar-refractivity contribution in [2.45, 2.75) is 33.1 Å². The van der Waals surface area contributed by atoms with Crippen LogP contribution >= 0.6 is 12.2 Å². The van der Waals surface area contributed by atoms with Gasteiger partial charge in [0.2, 0.25) is 0 Å². The molecule has 0 heterocycles. The van der Waals surface area contributed by atoms with E-state index in [1.54, 1.807) is 18.2 Å². The van der Waals surface area contributed by atoms with Crippen molar-refractivity contribution in [1.82, 2.24) is 0 Å². The first-order valence-electron chi connectivity index (χ1n) is 8.00. The van der Waals surface area contributed by atoms with Crippen LogP contribution in [0.1, 0.15) is 41.3 Å². The lowest BCUT2D eigenvalue weighted by Crippen LogP contribution is -2.20. The summed E-state index contributed by atoms with van der Waals surface area (Å²) in [7, 11) is 0. The number of aromatic carboxylic acids is 1. The van der Waals surface area contributed by atoms with Crippen LogP contribution in [0, 0.1) is 6.92 Å². The van der Waals surface area contributed by atoms with E-state index in [1.807, 2.05) is 19.1 Å². The van der Waals surface area contributed by atoms with Crippen molar-refractivity contribution >= 4 is 34.7 Å².